The number of aliphatic hydroxyl groups is 1. The normalized spacial score (nSPS) is 28.3. The summed E-state index contributed by atoms with van der Waals surface area (Å²) in [6.07, 6.45) is 3.23. The summed E-state index contributed by atoms with van der Waals surface area (Å²) in [5.74, 6) is -1.57. The quantitative estimate of drug-likeness (QED) is 0.472. The SMILES string of the molecule is C=C(O)C(=O)OCC1CCN2CCC(OC(=O)C(C)=CC)C12. The van der Waals surface area contributed by atoms with Gasteiger partial charge in [-0.25, -0.2) is 9.59 Å². The highest BCUT2D eigenvalue weighted by Crippen LogP contribution is 2.35. The predicted molar refractivity (Wildman–Crippen MR) is 80.1 cm³/mol. The number of hydrogen-bond donors (Lipinski definition) is 1. The topological polar surface area (TPSA) is 76.1 Å². The highest BCUT2D eigenvalue weighted by molar-refractivity contribution is 5.87. The van der Waals surface area contributed by atoms with E-state index in [9.17, 15) is 9.59 Å². The van der Waals surface area contributed by atoms with Crippen LogP contribution >= 0.6 is 0 Å². The van der Waals surface area contributed by atoms with E-state index in [0.29, 0.717) is 5.57 Å². The van der Waals surface area contributed by atoms with Crippen molar-refractivity contribution in [1.29, 1.82) is 0 Å². The van der Waals surface area contributed by atoms with E-state index >= 15 is 0 Å². The van der Waals surface area contributed by atoms with Crippen LogP contribution in [0.5, 0.6) is 0 Å². The molecule has 2 saturated heterocycles. The van der Waals surface area contributed by atoms with Crippen LogP contribution in [-0.2, 0) is 19.1 Å². The third-order valence-corrected chi connectivity index (χ3v) is 4.45. The minimum absolute atomic E-state index is 0.0772. The number of fused-ring (bicyclic) bond motifs is 1. The van der Waals surface area contributed by atoms with Crippen LogP contribution in [0.1, 0.15) is 26.7 Å². The first-order valence-corrected chi connectivity index (χ1v) is 7.57. The summed E-state index contributed by atoms with van der Waals surface area (Å²) in [6.45, 7) is 8.67. The molecule has 122 valence electrons. The average Bonchev–Trinajstić information content (AvgIpc) is 3.07. The lowest BCUT2D eigenvalue weighted by Crippen LogP contribution is -2.38. The standard InChI is InChI=1S/C16H23NO5/c1-4-10(2)15(19)22-13-6-8-17-7-5-12(14(13)17)9-21-16(20)11(3)18/h4,12-14,18H,3,5-9H2,1-2H3. The van der Waals surface area contributed by atoms with Crippen molar-refractivity contribution in [3.8, 4) is 0 Å². The fourth-order valence-corrected chi connectivity index (χ4v) is 3.14. The summed E-state index contributed by atoms with van der Waals surface area (Å²) in [4.78, 5) is 25.5. The summed E-state index contributed by atoms with van der Waals surface area (Å²) in [5, 5.41) is 8.99. The van der Waals surface area contributed by atoms with Gasteiger partial charge in [0.1, 0.15) is 6.10 Å². The molecule has 0 bridgehead atoms. The minimum atomic E-state index is -0.797. The zero-order chi connectivity index (χ0) is 16.3. The van der Waals surface area contributed by atoms with Crippen LogP contribution in [0.4, 0.5) is 0 Å². The van der Waals surface area contributed by atoms with Crippen molar-refractivity contribution >= 4 is 11.9 Å². The van der Waals surface area contributed by atoms with Gasteiger partial charge in [-0.1, -0.05) is 6.08 Å². The predicted octanol–water partition coefficient (Wildman–Crippen LogP) is 1.57. The Morgan fingerprint density at radius 3 is 2.64 bits per heavy atom. The molecule has 2 rings (SSSR count). The Hall–Kier alpha value is -1.82. The fourth-order valence-electron chi connectivity index (χ4n) is 3.14. The van der Waals surface area contributed by atoms with Gasteiger partial charge in [-0.2, -0.15) is 0 Å². The third kappa shape index (κ3) is 3.50. The monoisotopic (exact) mass is 309 g/mol. The van der Waals surface area contributed by atoms with Gasteiger partial charge in [0.15, 0.2) is 5.76 Å². The first kappa shape index (κ1) is 16.5. The lowest BCUT2D eigenvalue weighted by atomic mass is 9.97. The van der Waals surface area contributed by atoms with E-state index in [4.69, 9.17) is 14.6 Å². The first-order valence-electron chi connectivity index (χ1n) is 7.57. The third-order valence-electron chi connectivity index (χ3n) is 4.45. The molecule has 2 fully saturated rings. The van der Waals surface area contributed by atoms with Gasteiger partial charge in [-0.05, 0) is 39.8 Å². The van der Waals surface area contributed by atoms with Gasteiger partial charge < -0.3 is 14.6 Å². The molecule has 0 amide bonds. The van der Waals surface area contributed by atoms with Gasteiger partial charge in [0, 0.05) is 18.0 Å². The molecular formula is C16H23NO5. The van der Waals surface area contributed by atoms with E-state index in [1.165, 1.54) is 0 Å². The number of rotatable bonds is 5. The molecule has 0 aromatic heterocycles. The van der Waals surface area contributed by atoms with Gasteiger partial charge in [-0.3, -0.25) is 4.90 Å². The summed E-state index contributed by atoms with van der Waals surface area (Å²) in [7, 11) is 0. The molecule has 3 unspecified atom stereocenters. The number of esters is 2. The summed E-state index contributed by atoms with van der Waals surface area (Å²) in [5.41, 5.74) is 0.594. The number of ether oxygens (including phenoxy) is 2. The molecule has 0 spiro atoms. The van der Waals surface area contributed by atoms with Gasteiger partial charge in [0.25, 0.3) is 0 Å². The number of nitrogens with zero attached hydrogens (tertiary/aromatic N) is 1. The summed E-state index contributed by atoms with van der Waals surface area (Å²) < 4.78 is 10.7. The Kier molecular flexibility index (Phi) is 5.24. The average molecular weight is 309 g/mol. The van der Waals surface area contributed by atoms with Crippen LogP contribution in [0.25, 0.3) is 0 Å². The lowest BCUT2D eigenvalue weighted by molar-refractivity contribution is -0.148. The molecule has 0 saturated carbocycles. The van der Waals surface area contributed by atoms with Crippen LogP contribution in [0.2, 0.25) is 0 Å². The number of carbonyl (C=O) groups is 2. The molecule has 0 radical (unpaired) electrons. The van der Waals surface area contributed by atoms with Gasteiger partial charge in [0.05, 0.1) is 12.6 Å². The van der Waals surface area contributed by atoms with E-state index in [1.807, 2.05) is 0 Å². The maximum atomic E-state index is 11.9. The van der Waals surface area contributed by atoms with E-state index in [0.717, 1.165) is 25.9 Å². The number of allylic oxidation sites excluding steroid dienone is 1. The van der Waals surface area contributed by atoms with Crippen LogP contribution in [0.15, 0.2) is 24.0 Å². The molecule has 1 N–H and O–H groups in total. The zero-order valence-corrected chi connectivity index (χ0v) is 13.1. The van der Waals surface area contributed by atoms with Gasteiger partial charge in [-0.15, -0.1) is 0 Å². The van der Waals surface area contributed by atoms with Gasteiger partial charge in [0.2, 0.25) is 0 Å². The Balaban J connectivity index is 1.95. The second kappa shape index (κ2) is 6.96. The lowest BCUT2D eigenvalue weighted by Gasteiger charge is -2.26. The molecule has 0 aromatic rings. The second-order valence-electron chi connectivity index (χ2n) is 5.82. The Morgan fingerprint density at radius 1 is 1.32 bits per heavy atom. The molecule has 2 heterocycles. The molecule has 0 aromatic carbocycles. The second-order valence-corrected chi connectivity index (χ2v) is 5.82. The number of aliphatic hydroxyl groups excluding tert-OH is 1. The van der Waals surface area contributed by atoms with Gasteiger partial charge >= 0.3 is 11.9 Å². The van der Waals surface area contributed by atoms with Crippen molar-refractivity contribution in [2.75, 3.05) is 19.7 Å². The Morgan fingerprint density at radius 2 is 2.00 bits per heavy atom. The smallest absolute Gasteiger partial charge is 0.372 e. The molecule has 2 aliphatic rings. The van der Waals surface area contributed by atoms with Crippen LogP contribution in [0.3, 0.4) is 0 Å². The summed E-state index contributed by atoms with van der Waals surface area (Å²) in [6, 6.07) is 0.0772. The largest absolute Gasteiger partial charge is 0.502 e. The summed E-state index contributed by atoms with van der Waals surface area (Å²) >= 11 is 0. The van der Waals surface area contributed by atoms with Crippen LogP contribution in [0, 0.1) is 5.92 Å². The van der Waals surface area contributed by atoms with E-state index < -0.39 is 11.7 Å². The van der Waals surface area contributed by atoms with Crippen molar-refractivity contribution in [2.24, 2.45) is 5.92 Å². The molecule has 6 heteroatoms. The maximum absolute atomic E-state index is 11.9. The van der Waals surface area contributed by atoms with Crippen molar-refractivity contribution in [3.05, 3.63) is 24.0 Å². The fraction of sp³-hybridized carbons (Fsp3) is 0.625. The van der Waals surface area contributed by atoms with E-state index in [-0.39, 0.29) is 30.6 Å². The highest BCUT2D eigenvalue weighted by Gasteiger charge is 2.46. The Labute approximate surface area is 130 Å². The zero-order valence-electron chi connectivity index (χ0n) is 13.1. The number of carbonyl (C=O) groups excluding carboxylic acids is 2. The van der Waals surface area contributed by atoms with Crippen molar-refractivity contribution in [2.45, 2.75) is 38.8 Å². The van der Waals surface area contributed by atoms with Crippen LogP contribution in [-0.4, -0.2) is 53.8 Å². The highest BCUT2D eigenvalue weighted by atomic mass is 16.6. The van der Waals surface area contributed by atoms with Crippen molar-refractivity contribution < 1.29 is 24.2 Å². The first-order chi connectivity index (χ1) is 10.4. The molecule has 22 heavy (non-hydrogen) atoms. The van der Waals surface area contributed by atoms with E-state index in [2.05, 4.69) is 11.5 Å². The van der Waals surface area contributed by atoms with Crippen LogP contribution < -0.4 is 0 Å². The van der Waals surface area contributed by atoms with E-state index in [1.54, 1.807) is 19.9 Å². The molecule has 6 nitrogen and oxygen atoms in total. The molecule has 2 aliphatic heterocycles. The molecule has 0 aliphatic carbocycles. The molecular weight excluding hydrogens is 286 g/mol. The Bertz CT molecular complexity index is 499. The number of hydrogen-bond acceptors (Lipinski definition) is 6. The van der Waals surface area contributed by atoms with Crippen molar-refractivity contribution in [3.63, 3.8) is 0 Å². The molecule has 3 atom stereocenters. The maximum Gasteiger partial charge on any atom is 0.372 e. The minimum Gasteiger partial charge on any atom is -0.502 e. The van der Waals surface area contributed by atoms with Crippen molar-refractivity contribution in [1.82, 2.24) is 4.90 Å².